The largest absolute Gasteiger partial charge is 0.339 e. The van der Waals surface area contributed by atoms with Gasteiger partial charge in [0, 0.05) is 25.2 Å². The van der Waals surface area contributed by atoms with E-state index in [-0.39, 0.29) is 5.91 Å². The summed E-state index contributed by atoms with van der Waals surface area (Å²) < 4.78 is 7.15. The first-order valence-electron chi connectivity index (χ1n) is 9.35. The molecule has 2 aliphatic rings. The van der Waals surface area contributed by atoms with Crippen LogP contribution in [0, 0.1) is 6.92 Å². The molecule has 8 nitrogen and oxygen atoms in total. The van der Waals surface area contributed by atoms with Crippen LogP contribution < -0.4 is 0 Å². The lowest BCUT2D eigenvalue weighted by Crippen LogP contribution is -2.28. The van der Waals surface area contributed by atoms with Gasteiger partial charge in [0.25, 0.3) is 11.8 Å². The number of hydrogen-bond acceptors (Lipinski definition) is 6. The molecule has 4 heterocycles. The van der Waals surface area contributed by atoms with Gasteiger partial charge >= 0.3 is 0 Å². The van der Waals surface area contributed by atoms with Crippen molar-refractivity contribution in [3.8, 4) is 17.3 Å². The topological polar surface area (TPSA) is 89.9 Å². The average molecular weight is 364 g/mol. The lowest BCUT2D eigenvalue weighted by Gasteiger charge is -2.14. The summed E-state index contributed by atoms with van der Waals surface area (Å²) in [5.41, 5.74) is 2.08. The molecule has 0 radical (unpaired) electrons. The maximum Gasteiger partial charge on any atom is 0.261 e. The predicted octanol–water partition coefficient (Wildman–Crippen LogP) is 2.74. The molecule has 1 aliphatic heterocycles. The van der Waals surface area contributed by atoms with Gasteiger partial charge in [0.1, 0.15) is 0 Å². The summed E-state index contributed by atoms with van der Waals surface area (Å²) in [6.45, 7) is 3.51. The summed E-state index contributed by atoms with van der Waals surface area (Å²) in [4.78, 5) is 23.6. The number of hydrogen-bond donors (Lipinski definition) is 0. The van der Waals surface area contributed by atoms with Gasteiger partial charge in [-0.2, -0.15) is 10.1 Å². The molecular weight excluding hydrogens is 344 g/mol. The predicted molar refractivity (Wildman–Crippen MR) is 96.5 cm³/mol. The van der Waals surface area contributed by atoms with E-state index in [4.69, 9.17) is 4.52 Å². The minimum atomic E-state index is 0.0301. The van der Waals surface area contributed by atoms with Crippen molar-refractivity contribution in [3.05, 3.63) is 41.6 Å². The first-order valence-corrected chi connectivity index (χ1v) is 9.35. The molecule has 0 bridgehead atoms. The zero-order chi connectivity index (χ0) is 18.4. The zero-order valence-corrected chi connectivity index (χ0v) is 15.1. The van der Waals surface area contributed by atoms with Crippen molar-refractivity contribution in [2.45, 2.75) is 38.5 Å². The maximum absolute atomic E-state index is 12.8. The van der Waals surface area contributed by atoms with Crippen LogP contribution in [-0.4, -0.2) is 48.8 Å². The number of nitrogens with zero attached hydrogens (tertiary/aromatic N) is 6. The number of carbonyl (C=O) groups excluding carboxylic acids is 1. The Morgan fingerprint density at radius 3 is 2.85 bits per heavy atom. The Morgan fingerprint density at radius 1 is 1.26 bits per heavy atom. The molecule has 0 atom stereocenters. The number of amides is 1. The Labute approximate surface area is 156 Å². The molecule has 3 aromatic heterocycles. The first kappa shape index (κ1) is 16.2. The summed E-state index contributed by atoms with van der Waals surface area (Å²) in [5, 5.41) is 8.53. The van der Waals surface area contributed by atoms with E-state index in [9.17, 15) is 4.79 Å². The Bertz CT molecular complexity index is 997. The molecule has 0 aromatic carbocycles. The molecule has 2 fully saturated rings. The second kappa shape index (κ2) is 6.29. The molecule has 1 saturated heterocycles. The summed E-state index contributed by atoms with van der Waals surface area (Å²) >= 11 is 0. The summed E-state index contributed by atoms with van der Waals surface area (Å²) in [7, 11) is 0. The fraction of sp³-hybridized carbons (Fsp3) is 0.421. The minimum Gasteiger partial charge on any atom is -0.339 e. The molecule has 0 N–H and O–H groups in total. The normalized spacial score (nSPS) is 16.9. The van der Waals surface area contributed by atoms with Crippen molar-refractivity contribution in [1.82, 2.24) is 29.8 Å². The van der Waals surface area contributed by atoms with Crippen molar-refractivity contribution in [1.29, 1.82) is 0 Å². The Balaban J connectivity index is 1.52. The van der Waals surface area contributed by atoms with E-state index in [1.54, 1.807) is 17.1 Å². The SMILES string of the molecule is Cc1c(C(=O)N2CCCC2)cnn1-c1ncccc1-c1nc(C2CC2)no1. The van der Waals surface area contributed by atoms with E-state index in [1.807, 2.05) is 24.0 Å². The highest BCUT2D eigenvalue weighted by Gasteiger charge is 2.30. The molecular formula is C19H20N6O2. The van der Waals surface area contributed by atoms with E-state index in [2.05, 4.69) is 20.2 Å². The molecule has 0 unspecified atom stereocenters. The van der Waals surface area contributed by atoms with Gasteiger partial charge in [-0.25, -0.2) is 9.67 Å². The molecule has 1 aliphatic carbocycles. The quantitative estimate of drug-likeness (QED) is 0.707. The Hall–Kier alpha value is -3.03. The van der Waals surface area contributed by atoms with Gasteiger partial charge in [-0.1, -0.05) is 5.16 Å². The van der Waals surface area contributed by atoms with Gasteiger partial charge in [-0.05, 0) is 44.7 Å². The molecule has 5 rings (SSSR count). The molecule has 27 heavy (non-hydrogen) atoms. The van der Waals surface area contributed by atoms with Gasteiger partial charge in [0.15, 0.2) is 11.6 Å². The minimum absolute atomic E-state index is 0.0301. The van der Waals surface area contributed by atoms with Crippen molar-refractivity contribution < 1.29 is 9.32 Å². The monoisotopic (exact) mass is 364 g/mol. The molecule has 3 aromatic rings. The van der Waals surface area contributed by atoms with Crippen LogP contribution in [-0.2, 0) is 0 Å². The summed E-state index contributed by atoms with van der Waals surface area (Å²) in [6.07, 6.45) is 7.66. The van der Waals surface area contributed by atoms with Crippen molar-refractivity contribution in [2.24, 2.45) is 0 Å². The van der Waals surface area contributed by atoms with E-state index >= 15 is 0 Å². The fourth-order valence-corrected chi connectivity index (χ4v) is 3.51. The lowest BCUT2D eigenvalue weighted by molar-refractivity contribution is 0.0792. The highest BCUT2D eigenvalue weighted by atomic mass is 16.5. The van der Waals surface area contributed by atoms with Crippen LogP contribution in [0.3, 0.4) is 0 Å². The van der Waals surface area contributed by atoms with Crippen LogP contribution in [0.25, 0.3) is 17.3 Å². The highest BCUT2D eigenvalue weighted by molar-refractivity contribution is 5.95. The molecule has 8 heteroatoms. The molecule has 1 amide bonds. The zero-order valence-electron chi connectivity index (χ0n) is 15.1. The van der Waals surface area contributed by atoms with Crippen molar-refractivity contribution >= 4 is 5.91 Å². The lowest BCUT2D eigenvalue weighted by atomic mass is 10.2. The van der Waals surface area contributed by atoms with Crippen LogP contribution in [0.5, 0.6) is 0 Å². The number of carbonyl (C=O) groups is 1. The third-order valence-electron chi connectivity index (χ3n) is 5.24. The highest BCUT2D eigenvalue weighted by Crippen LogP contribution is 2.39. The van der Waals surface area contributed by atoms with Gasteiger partial charge in [0.2, 0.25) is 0 Å². The van der Waals surface area contributed by atoms with E-state index in [0.717, 1.165) is 50.3 Å². The van der Waals surface area contributed by atoms with E-state index in [0.29, 0.717) is 28.8 Å². The second-order valence-corrected chi connectivity index (χ2v) is 7.16. The van der Waals surface area contributed by atoms with Crippen molar-refractivity contribution in [3.63, 3.8) is 0 Å². The molecule has 138 valence electrons. The summed E-state index contributed by atoms with van der Waals surface area (Å²) in [6, 6.07) is 3.71. The van der Waals surface area contributed by atoms with Crippen LogP contribution in [0.4, 0.5) is 0 Å². The number of pyridine rings is 1. The second-order valence-electron chi connectivity index (χ2n) is 7.16. The molecule has 1 saturated carbocycles. The smallest absolute Gasteiger partial charge is 0.261 e. The molecule has 0 spiro atoms. The van der Waals surface area contributed by atoms with Gasteiger partial charge in [-0.15, -0.1) is 0 Å². The Morgan fingerprint density at radius 2 is 2.07 bits per heavy atom. The van der Waals surface area contributed by atoms with Gasteiger partial charge in [0.05, 0.1) is 23.0 Å². The van der Waals surface area contributed by atoms with E-state index < -0.39 is 0 Å². The third kappa shape index (κ3) is 2.81. The summed E-state index contributed by atoms with van der Waals surface area (Å²) in [5.74, 6) is 2.21. The third-order valence-corrected chi connectivity index (χ3v) is 5.24. The maximum atomic E-state index is 12.8. The van der Waals surface area contributed by atoms with Crippen LogP contribution in [0.2, 0.25) is 0 Å². The standard InChI is InChI=1S/C19H20N6O2/c1-12-15(19(26)24-9-2-3-10-24)11-21-25(12)17-14(5-4-8-20-17)18-22-16(23-27-18)13-6-7-13/h4-5,8,11,13H,2-3,6-7,9-10H2,1H3. The van der Waals surface area contributed by atoms with Crippen LogP contribution >= 0.6 is 0 Å². The van der Waals surface area contributed by atoms with Crippen LogP contribution in [0.15, 0.2) is 29.0 Å². The number of aromatic nitrogens is 5. The number of likely N-dealkylation sites (tertiary alicyclic amines) is 1. The Kier molecular flexibility index (Phi) is 3.77. The first-order chi connectivity index (χ1) is 13.2. The van der Waals surface area contributed by atoms with Gasteiger partial charge in [-0.3, -0.25) is 4.79 Å². The average Bonchev–Trinajstić information content (AvgIpc) is 3.11. The van der Waals surface area contributed by atoms with Gasteiger partial charge < -0.3 is 9.42 Å². The van der Waals surface area contributed by atoms with Crippen molar-refractivity contribution in [2.75, 3.05) is 13.1 Å². The van der Waals surface area contributed by atoms with E-state index in [1.165, 1.54) is 0 Å². The van der Waals surface area contributed by atoms with Crippen LogP contribution in [0.1, 0.15) is 53.5 Å². The fourth-order valence-electron chi connectivity index (χ4n) is 3.51. The number of rotatable bonds is 4.